The van der Waals surface area contributed by atoms with Gasteiger partial charge in [-0.05, 0) is 38.9 Å². The summed E-state index contributed by atoms with van der Waals surface area (Å²) in [5, 5.41) is 23.8. The van der Waals surface area contributed by atoms with Crippen LogP contribution in [0.25, 0.3) is 27.9 Å². The number of ether oxygens (including phenoxy) is 1. The predicted octanol–water partition coefficient (Wildman–Crippen LogP) is 2.93. The maximum Gasteiger partial charge on any atom is 0.240 e. The third kappa shape index (κ3) is 3.77. The van der Waals surface area contributed by atoms with Gasteiger partial charge in [-0.2, -0.15) is 9.61 Å². The standard InChI is InChI=1S/C23H25N9O2/c1-15-12-18(29-34-15)22-26-25-21-16-8-4-5-9-17(16)23(28-32(21)22)33-14-20-24-19(27-30(20)2)13-31-10-6-3-7-11-31/h4-5,8-9,12H,3,6-7,10-11,13-14H2,1-2H3. The van der Waals surface area contributed by atoms with Gasteiger partial charge in [0.05, 0.1) is 6.54 Å². The van der Waals surface area contributed by atoms with Gasteiger partial charge in [0.25, 0.3) is 0 Å². The van der Waals surface area contributed by atoms with E-state index in [1.165, 1.54) is 19.3 Å². The van der Waals surface area contributed by atoms with Crippen LogP contribution in [0.2, 0.25) is 0 Å². The number of hydrogen-bond donors (Lipinski definition) is 0. The maximum absolute atomic E-state index is 6.19. The molecule has 0 radical (unpaired) electrons. The van der Waals surface area contributed by atoms with Crippen LogP contribution < -0.4 is 4.74 Å². The molecule has 1 fully saturated rings. The molecular weight excluding hydrogens is 434 g/mol. The van der Waals surface area contributed by atoms with Crippen LogP contribution in [0.4, 0.5) is 0 Å². The minimum Gasteiger partial charge on any atom is -0.468 e. The summed E-state index contributed by atoms with van der Waals surface area (Å²) in [5.41, 5.74) is 1.19. The Morgan fingerprint density at radius 1 is 1.03 bits per heavy atom. The van der Waals surface area contributed by atoms with Crippen LogP contribution in [-0.2, 0) is 20.2 Å². The van der Waals surface area contributed by atoms with E-state index >= 15 is 0 Å². The zero-order valence-electron chi connectivity index (χ0n) is 19.2. The first-order valence-corrected chi connectivity index (χ1v) is 11.5. The Labute approximate surface area is 195 Å². The first-order valence-electron chi connectivity index (χ1n) is 11.5. The van der Waals surface area contributed by atoms with Crippen molar-refractivity contribution in [1.29, 1.82) is 0 Å². The van der Waals surface area contributed by atoms with Crippen LogP contribution in [0.3, 0.4) is 0 Å². The van der Waals surface area contributed by atoms with Crippen molar-refractivity contribution < 1.29 is 9.26 Å². The Morgan fingerprint density at radius 2 is 1.85 bits per heavy atom. The third-order valence-corrected chi connectivity index (χ3v) is 6.14. The van der Waals surface area contributed by atoms with Gasteiger partial charge in [-0.15, -0.1) is 15.3 Å². The smallest absolute Gasteiger partial charge is 0.240 e. The van der Waals surface area contributed by atoms with Crippen molar-refractivity contribution in [3.05, 3.63) is 47.7 Å². The van der Waals surface area contributed by atoms with Gasteiger partial charge in [0.1, 0.15) is 12.4 Å². The summed E-state index contributed by atoms with van der Waals surface area (Å²) in [6.45, 7) is 5.05. The number of aromatic nitrogens is 8. The monoisotopic (exact) mass is 459 g/mol. The van der Waals surface area contributed by atoms with Crippen molar-refractivity contribution in [2.24, 2.45) is 7.05 Å². The summed E-state index contributed by atoms with van der Waals surface area (Å²) < 4.78 is 14.8. The van der Waals surface area contributed by atoms with E-state index in [2.05, 4.69) is 25.4 Å². The molecule has 0 atom stereocenters. The average molecular weight is 460 g/mol. The molecule has 4 aromatic heterocycles. The molecule has 1 aromatic carbocycles. The summed E-state index contributed by atoms with van der Waals surface area (Å²) in [6, 6.07) is 9.65. The Balaban J connectivity index is 1.31. The van der Waals surface area contributed by atoms with E-state index in [4.69, 9.17) is 19.3 Å². The lowest BCUT2D eigenvalue weighted by atomic mass is 10.1. The van der Waals surface area contributed by atoms with Gasteiger partial charge in [-0.1, -0.05) is 29.8 Å². The molecule has 0 unspecified atom stereocenters. The highest BCUT2D eigenvalue weighted by molar-refractivity contribution is 5.96. The van der Waals surface area contributed by atoms with Crippen molar-refractivity contribution in [3.8, 4) is 17.4 Å². The minimum absolute atomic E-state index is 0.243. The molecule has 0 saturated carbocycles. The molecule has 1 aliphatic heterocycles. The second-order valence-corrected chi connectivity index (χ2v) is 8.63. The average Bonchev–Trinajstić information content (AvgIpc) is 3.56. The zero-order chi connectivity index (χ0) is 23.1. The van der Waals surface area contributed by atoms with Gasteiger partial charge < -0.3 is 9.26 Å². The van der Waals surface area contributed by atoms with Crippen molar-refractivity contribution in [3.63, 3.8) is 0 Å². The van der Waals surface area contributed by atoms with Crippen LogP contribution >= 0.6 is 0 Å². The summed E-state index contributed by atoms with van der Waals surface area (Å²) in [5.74, 6) is 3.20. The van der Waals surface area contributed by atoms with E-state index in [0.717, 1.165) is 42.1 Å². The molecule has 6 rings (SSSR count). The Hall–Kier alpha value is -3.86. The highest BCUT2D eigenvalue weighted by Gasteiger charge is 2.19. The number of likely N-dealkylation sites (tertiary alicyclic amines) is 1. The van der Waals surface area contributed by atoms with Crippen molar-refractivity contribution in [2.45, 2.75) is 39.3 Å². The van der Waals surface area contributed by atoms with E-state index in [9.17, 15) is 0 Å². The van der Waals surface area contributed by atoms with Crippen molar-refractivity contribution >= 4 is 16.4 Å². The molecule has 0 amide bonds. The maximum atomic E-state index is 6.19. The summed E-state index contributed by atoms with van der Waals surface area (Å²) in [7, 11) is 1.89. The molecule has 174 valence electrons. The number of piperidine rings is 1. The van der Waals surface area contributed by atoms with E-state index in [0.29, 0.717) is 28.8 Å². The topological polar surface area (TPSA) is 112 Å². The summed E-state index contributed by atoms with van der Waals surface area (Å²) in [6.07, 6.45) is 3.78. The largest absolute Gasteiger partial charge is 0.468 e. The van der Waals surface area contributed by atoms with Crippen LogP contribution in [0.15, 0.2) is 34.9 Å². The fourth-order valence-corrected chi connectivity index (χ4v) is 4.41. The lowest BCUT2D eigenvalue weighted by Crippen LogP contribution is -2.29. The second-order valence-electron chi connectivity index (χ2n) is 8.63. The van der Waals surface area contributed by atoms with Crippen LogP contribution in [0.5, 0.6) is 5.88 Å². The zero-order valence-corrected chi connectivity index (χ0v) is 19.2. The van der Waals surface area contributed by atoms with Crippen molar-refractivity contribution in [2.75, 3.05) is 13.1 Å². The molecule has 0 aliphatic carbocycles. The normalized spacial score (nSPS) is 14.9. The van der Waals surface area contributed by atoms with Crippen LogP contribution in [0, 0.1) is 6.92 Å². The van der Waals surface area contributed by atoms with Gasteiger partial charge >= 0.3 is 0 Å². The molecule has 1 aliphatic rings. The minimum atomic E-state index is 0.243. The number of benzene rings is 1. The van der Waals surface area contributed by atoms with E-state index in [-0.39, 0.29) is 6.61 Å². The Bertz CT molecular complexity index is 1460. The molecule has 34 heavy (non-hydrogen) atoms. The summed E-state index contributed by atoms with van der Waals surface area (Å²) in [4.78, 5) is 7.13. The lowest BCUT2D eigenvalue weighted by molar-refractivity contribution is 0.215. The van der Waals surface area contributed by atoms with E-state index in [1.807, 2.05) is 38.2 Å². The molecule has 11 heteroatoms. The molecule has 0 bridgehead atoms. The van der Waals surface area contributed by atoms with Gasteiger partial charge in [-0.3, -0.25) is 4.90 Å². The molecule has 0 spiro atoms. The molecule has 11 nitrogen and oxygen atoms in total. The number of aryl methyl sites for hydroxylation is 2. The predicted molar refractivity (Wildman–Crippen MR) is 123 cm³/mol. The number of fused-ring (bicyclic) bond motifs is 3. The Morgan fingerprint density at radius 3 is 2.65 bits per heavy atom. The molecule has 0 N–H and O–H groups in total. The van der Waals surface area contributed by atoms with Gasteiger partial charge in [0.15, 0.2) is 23.0 Å². The fraction of sp³-hybridized carbons (Fsp3) is 0.391. The van der Waals surface area contributed by atoms with Gasteiger partial charge in [-0.25, -0.2) is 9.67 Å². The fourth-order valence-electron chi connectivity index (χ4n) is 4.41. The SMILES string of the molecule is Cc1cc(-c2nnc3c4ccccc4c(OCc4nc(CN5CCCCC5)nn4C)nn23)no1. The summed E-state index contributed by atoms with van der Waals surface area (Å²) >= 11 is 0. The molecular formula is C23H25N9O2. The molecule has 1 saturated heterocycles. The number of rotatable bonds is 6. The van der Waals surface area contributed by atoms with E-state index < -0.39 is 0 Å². The van der Waals surface area contributed by atoms with Crippen molar-refractivity contribution in [1.82, 2.24) is 44.6 Å². The van der Waals surface area contributed by atoms with Crippen LogP contribution in [0.1, 0.15) is 36.7 Å². The first-order chi connectivity index (χ1) is 16.7. The van der Waals surface area contributed by atoms with Gasteiger partial charge in [0, 0.05) is 23.9 Å². The first kappa shape index (κ1) is 20.7. The molecule has 5 heterocycles. The third-order valence-electron chi connectivity index (χ3n) is 6.14. The quantitative estimate of drug-likeness (QED) is 0.378. The highest BCUT2D eigenvalue weighted by atomic mass is 16.5. The lowest BCUT2D eigenvalue weighted by Gasteiger charge is -2.24. The van der Waals surface area contributed by atoms with E-state index in [1.54, 1.807) is 15.3 Å². The highest BCUT2D eigenvalue weighted by Crippen LogP contribution is 2.29. The Kier molecular flexibility index (Phi) is 5.17. The second kappa shape index (κ2) is 8.49. The van der Waals surface area contributed by atoms with Crippen LogP contribution in [-0.4, -0.2) is 57.7 Å². The number of nitrogens with zero attached hydrogens (tertiary/aromatic N) is 9. The molecule has 5 aromatic rings. The number of hydrogen-bond acceptors (Lipinski definition) is 9. The van der Waals surface area contributed by atoms with Gasteiger partial charge in [0.2, 0.25) is 11.7 Å².